The highest BCUT2D eigenvalue weighted by atomic mass is 16.2. The summed E-state index contributed by atoms with van der Waals surface area (Å²) in [5, 5.41) is 1.58. The van der Waals surface area contributed by atoms with Crippen LogP contribution in [-0.4, -0.2) is 25.3 Å². The third-order valence-electron chi connectivity index (χ3n) is 3.60. The largest absolute Gasteiger partial charge is 0.364 e. The minimum atomic E-state index is -0.492. The smallest absolute Gasteiger partial charge is 0.265 e. The van der Waals surface area contributed by atoms with Crippen LogP contribution in [0.4, 0.5) is 5.69 Å². The molecular weight excluding hydrogens is 290 g/mol. The van der Waals surface area contributed by atoms with Crippen molar-refractivity contribution in [1.29, 1.82) is 0 Å². The molecule has 118 valence electrons. The molecule has 0 heterocycles. The van der Waals surface area contributed by atoms with Crippen LogP contribution in [-0.2, 0) is 0 Å². The van der Waals surface area contributed by atoms with Crippen LogP contribution in [0.5, 0.6) is 0 Å². The van der Waals surface area contributed by atoms with Crippen molar-refractivity contribution in [3.05, 3.63) is 66.8 Å². The van der Waals surface area contributed by atoms with E-state index in [1.54, 1.807) is 24.3 Å². The number of anilines is 1. The lowest BCUT2D eigenvalue weighted by Crippen LogP contribution is -2.30. The predicted octanol–water partition coefficient (Wildman–Crippen LogP) is 2.43. The number of nitrogen functional groups attached to an aromatic ring is 1. The Labute approximate surface area is 135 Å². The molecular formula is C18H19N3O2. The van der Waals surface area contributed by atoms with Crippen LogP contribution in [0.25, 0.3) is 10.8 Å². The Kier molecular flexibility index (Phi) is 5.28. The van der Waals surface area contributed by atoms with Gasteiger partial charge in [0.05, 0.1) is 5.56 Å². The fourth-order valence-corrected chi connectivity index (χ4v) is 2.53. The summed E-state index contributed by atoms with van der Waals surface area (Å²) in [5.41, 5.74) is 3.57. The Morgan fingerprint density at radius 2 is 1.83 bits per heavy atom. The number of amides is 1. The van der Waals surface area contributed by atoms with E-state index in [0.29, 0.717) is 30.3 Å². The number of fused-ring (bicyclic) bond motifs is 1. The first-order chi connectivity index (χ1) is 11.2. The average molecular weight is 309 g/mol. The van der Waals surface area contributed by atoms with E-state index in [-0.39, 0.29) is 5.56 Å². The number of nitrogens with one attached hydrogen (secondary N) is 1. The van der Waals surface area contributed by atoms with Crippen molar-refractivity contribution >= 4 is 28.7 Å². The summed E-state index contributed by atoms with van der Waals surface area (Å²) in [6.45, 7) is 8.81. The average Bonchev–Trinajstić information content (AvgIpc) is 2.59. The molecule has 0 saturated heterocycles. The van der Waals surface area contributed by atoms with E-state index in [2.05, 4.69) is 23.5 Å². The summed E-state index contributed by atoms with van der Waals surface area (Å²) < 4.78 is 0. The highest BCUT2D eigenvalue weighted by Gasteiger charge is 2.14. The van der Waals surface area contributed by atoms with Crippen molar-refractivity contribution < 1.29 is 9.59 Å². The summed E-state index contributed by atoms with van der Waals surface area (Å²) in [5.74, 6) is 4.69. The monoisotopic (exact) mass is 309 g/mol. The number of rotatable bonds is 7. The van der Waals surface area contributed by atoms with Gasteiger partial charge in [0.1, 0.15) is 0 Å². The van der Waals surface area contributed by atoms with Crippen molar-refractivity contribution in [2.75, 3.05) is 18.0 Å². The molecule has 3 N–H and O–H groups in total. The first-order valence-corrected chi connectivity index (χ1v) is 7.15. The SMILES string of the molecule is C=CCN(CC=C)c1ccc2ccc(C(=O)NN)c(C=O)c2c1. The van der Waals surface area contributed by atoms with Crippen molar-refractivity contribution in [1.82, 2.24) is 5.43 Å². The maximum atomic E-state index is 11.8. The molecule has 0 unspecified atom stereocenters. The van der Waals surface area contributed by atoms with E-state index in [1.165, 1.54) is 0 Å². The number of hydrogen-bond donors (Lipinski definition) is 2. The molecule has 0 aliphatic rings. The van der Waals surface area contributed by atoms with E-state index in [1.807, 2.05) is 18.2 Å². The predicted molar refractivity (Wildman–Crippen MR) is 93.6 cm³/mol. The van der Waals surface area contributed by atoms with E-state index in [4.69, 9.17) is 5.84 Å². The van der Waals surface area contributed by atoms with Crippen molar-refractivity contribution in [3.63, 3.8) is 0 Å². The number of nitrogens with two attached hydrogens (primary N) is 1. The Bertz CT molecular complexity index is 758. The third-order valence-corrected chi connectivity index (χ3v) is 3.60. The molecule has 0 aliphatic carbocycles. The van der Waals surface area contributed by atoms with Crippen molar-refractivity contribution in [2.45, 2.75) is 0 Å². The number of hydrazine groups is 1. The molecule has 2 aromatic carbocycles. The lowest BCUT2D eigenvalue weighted by Gasteiger charge is -2.22. The molecule has 5 heteroatoms. The number of carbonyl (C=O) groups is 2. The molecule has 0 fully saturated rings. The van der Waals surface area contributed by atoms with Gasteiger partial charge >= 0.3 is 0 Å². The highest BCUT2D eigenvalue weighted by molar-refractivity contribution is 6.10. The standard InChI is InChI=1S/C18H19N3O2/c1-3-9-21(10-4-2)14-7-5-13-6-8-15(18(23)20-19)17(12-22)16(13)11-14/h3-8,11-12H,1-2,9-10,19H2,(H,20,23). The molecule has 23 heavy (non-hydrogen) atoms. The van der Waals surface area contributed by atoms with Gasteiger partial charge in [0.15, 0.2) is 6.29 Å². The summed E-state index contributed by atoms with van der Waals surface area (Å²) in [6.07, 6.45) is 4.28. The van der Waals surface area contributed by atoms with Crippen molar-refractivity contribution in [3.8, 4) is 0 Å². The molecule has 1 amide bonds. The Balaban J connectivity index is 2.64. The molecule has 5 nitrogen and oxygen atoms in total. The number of nitrogens with zero attached hydrogens (tertiary/aromatic N) is 1. The molecule has 0 aliphatic heterocycles. The highest BCUT2D eigenvalue weighted by Crippen LogP contribution is 2.26. The van der Waals surface area contributed by atoms with Gasteiger partial charge < -0.3 is 4.90 Å². The van der Waals surface area contributed by atoms with Crippen molar-refractivity contribution in [2.24, 2.45) is 5.84 Å². The van der Waals surface area contributed by atoms with Crippen LogP contribution < -0.4 is 16.2 Å². The third kappa shape index (κ3) is 3.30. The van der Waals surface area contributed by atoms with E-state index < -0.39 is 5.91 Å². The fraction of sp³-hybridized carbons (Fsp3) is 0.111. The number of benzene rings is 2. The molecule has 0 aromatic heterocycles. The summed E-state index contributed by atoms with van der Waals surface area (Å²) in [4.78, 5) is 25.4. The zero-order valence-electron chi connectivity index (χ0n) is 12.8. The first-order valence-electron chi connectivity index (χ1n) is 7.15. The fourth-order valence-electron chi connectivity index (χ4n) is 2.53. The second kappa shape index (κ2) is 7.38. The van der Waals surface area contributed by atoms with Crippen LogP contribution in [0.15, 0.2) is 55.6 Å². The Hall–Kier alpha value is -2.92. The molecule has 0 spiro atoms. The van der Waals surface area contributed by atoms with Gasteiger partial charge in [-0.15, -0.1) is 13.2 Å². The number of aldehydes is 1. The molecule has 0 radical (unpaired) electrons. The van der Waals surface area contributed by atoms with Gasteiger partial charge in [0.2, 0.25) is 0 Å². The summed E-state index contributed by atoms with van der Waals surface area (Å²) >= 11 is 0. The van der Waals surface area contributed by atoms with Gasteiger partial charge in [-0.25, -0.2) is 5.84 Å². The molecule has 0 atom stereocenters. The van der Waals surface area contributed by atoms with Crippen LogP contribution in [0, 0.1) is 0 Å². The second-order valence-electron chi connectivity index (χ2n) is 5.01. The Morgan fingerprint density at radius 3 is 2.39 bits per heavy atom. The van der Waals surface area contributed by atoms with E-state index in [0.717, 1.165) is 11.1 Å². The van der Waals surface area contributed by atoms with Crippen LogP contribution in [0.1, 0.15) is 20.7 Å². The zero-order valence-corrected chi connectivity index (χ0v) is 12.8. The van der Waals surface area contributed by atoms with Gasteiger partial charge in [-0.3, -0.25) is 15.0 Å². The summed E-state index contributed by atoms with van der Waals surface area (Å²) in [6, 6.07) is 9.16. The first kappa shape index (κ1) is 16.5. The van der Waals surface area contributed by atoms with E-state index in [9.17, 15) is 9.59 Å². The quantitative estimate of drug-likeness (QED) is 0.271. The topological polar surface area (TPSA) is 75.4 Å². The molecule has 2 aromatic rings. The molecule has 0 saturated carbocycles. The maximum absolute atomic E-state index is 11.8. The maximum Gasteiger partial charge on any atom is 0.265 e. The van der Waals surface area contributed by atoms with Crippen LogP contribution >= 0.6 is 0 Å². The molecule has 0 bridgehead atoms. The minimum absolute atomic E-state index is 0.256. The van der Waals surface area contributed by atoms with Gasteiger partial charge in [-0.2, -0.15) is 0 Å². The van der Waals surface area contributed by atoms with Crippen LogP contribution in [0.2, 0.25) is 0 Å². The summed E-state index contributed by atoms with van der Waals surface area (Å²) in [7, 11) is 0. The van der Waals surface area contributed by atoms with Gasteiger partial charge in [-0.05, 0) is 29.0 Å². The van der Waals surface area contributed by atoms with Gasteiger partial charge in [0, 0.05) is 24.3 Å². The number of hydrogen-bond acceptors (Lipinski definition) is 4. The lowest BCUT2D eigenvalue weighted by atomic mass is 9.98. The van der Waals surface area contributed by atoms with Gasteiger partial charge in [-0.1, -0.05) is 24.3 Å². The number of carbonyl (C=O) groups excluding carboxylic acids is 2. The van der Waals surface area contributed by atoms with Crippen LogP contribution in [0.3, 0.4) is 0 Å². The second-order valence-corrected chi connectivity index (χ2v) is 5.01. The minimum Gasteiger partial charge on any atom is -0.364 e. The van der Waals surface area contributed by atoms with E-state index >= 15 is 0 Å². The molecule has 2 rings (SSSR count). The van der Waals surface area contributed by atoms with Gasteiger partial charge in [0.25, 0.3) is 5.91 Å². The normalized spacial score (nSPS) is 10.1. The lowest BCUT2D eigenvalue weighted by molar-refractivity contribution is 0.0948. The zero-order chi connectivity index (χ0) is 16.8. The Morgan fingerprint density at radius 1 is 1.17 bits per heavy atom.